The predicted molar refractivity (Wildman–Crippen MR) is 94.4 cm³/mol. The van der Waals surface area contributed by atoms with E-state index in [9.17, 15) is 9.59 Å². The third-order valence-corrected chi connectivity index (χ3v) is 5.76. The number of H-pyrrole nitrogens is 1. The van der Waals surface area contributed by atoms with Crippen molar-refractivity contribution in [2.75, 3.05) is 13.1 Å². The Balaban J connectivity index is 1.51. The molecule has 2 aromatic rings. The molecule has 0 spiro atoms. The Morgan fingerprint density at radius 1 is 1.12 bits per heavy atom. The second-order valence-electron chi connectivity index (χ2n) is 7.00. The Bertz CT molecular complexity index is 811. The van der Waals surface area contributed by atoms with Crippen molar-refractivity contribution in [3.8, 4) is 0 Å². The first kappa shape index (κ1) is 15.8. The summed E-state index contributed by atoms with van der Waals surface area (Å²) in [7, 11) is 0. The van der Waals surface area contributed by atoms with Gasteiger partial charge in [0.05, 0.1) is 11.0 Å². The molecular formula is C18H22ClN3O2. The molecule has 1 aromatic carbocycles. The number of piperidine rings is 1. The second-order valence-corrected chi connectivity index (χ2v) is 7.44. The topological polar surface area (TPSA) is 58.1 Å². The van der Waals surface area contributed by atoms with Gasteiger partial charge in [0, 0.05) is 30.1 Å². The zero-order valence-electron chi connectivity index (χ0n) is 13.6. The summed E-state index contributed by atoms with van der Waals surface area (Å²) in [5, 5.41) is 0.618. The van der Waals surface area contributed by atoms with Crippen LogP contribution in [0.4, 0.5) is 0 Å². The molecule has 0 unspecified atom stereocenters. The highest BCUT2D eigenvalue weighted by Gasteiger charge is 2.31. The van der Waals surface area contributed by atoms with E-state index in [1.807, 2.05) is 21.6 Å². The van der Waals surface area contributed by atoms with Crippen LogP contribution >= 0.6 is 11.6 Å². The van der Waals surface area contributed by atoms with Gasteiger partial charge in [-0.05, 0) is 43.9 Å². The van der Waals surface area contributed by atoms with Gasteiger partial charge in [-0.1, -0.05) is 24.4 Å². The lowest BCUT2D eigenvalue weighted by Gasteiger charge is -2.34. The Kier molecular flexibility index (Phi) is 4.12. The van der Waals surface area contributed by atoms with E-state index < -0.39 is 0 Å². The van der Waals surface area contributed by atoms with E-state index in [1.54, 1.807) is 6.07 Å². The maximum atomic E-state index is 12.5. The van der Waals surface area contributed by atoms with Gasteiger partial charge in [-0.15, -0.1) is 0 Å². The van der Waals surface area contributed by atoms with Crippen LogP contribution in [0.2, 0.25) is 5.02 Å². The van der Waals surface area contributed by atoms with Crippen LogP contribution in [0.1, 0.15) is 44.6 Å². The molecule has 2 aliphatic rings. The molecule has 1 saturated carbocycles. The summed E-state index contributed by atoms with van der Waals surface area (Å²) in [6, 6.07) is 5.63. The number of imidazole rings is 1. The van der Waals surface area contributed by atoms with Crippen LogP contribution in [-0.4, -0.2) is 33.4 Å². The van der Waals surface area contributed by atoms with E-state index in [2.05, 4.69) is 4.98 Å². The molecule has 128 valence electrons. The summed E-state index contributed by atoms with van der Waals surface area (Å²) in [6.45, 7) is 1.49. The lowest BCUT2D eigenvalue weighted by atomic mass is 10.0. The molecule has 1 aliphatic heterocycles. The second kappa shape index (κ2) is 6.28. The maximum Gasteiger partial charge on any atom is 0.326 e. The molecule has 1 amide bonds. The summed E-state index contributed by atoms with van der Waals surface area (Å²) in [6.07, 6.45) is 6.10. The van der Waals surface area contributed by atoms with Gasteiger partial charge in [-0.3, -0.25) is 9.36 Å². The number of rotatable bonds is 2. The van der Waals surface area contributed by atoms with E-state index in [-0.39, 0.29) is 17.6 Å². The SMILES string of the molecule is O=C(C1CCCC1)N1CCC(n2c(=O)[nH]c3cc(Cl)ccc32)CC1. The quantitative estimate of drug-likeness (QED) is 0.905. The standard InChI is InChI=1S/C18H22ClN3O2/c19-13-5-6-16-15(11-13)20-18(24)22(16)14-7-9-21(10-8-14)17(23)12-3-1-2-4-12/h5-6,11-12,14H,1-4,7-10H2,(H,20,24). The molecule has 1 aromatic heterocycles. The number of aromatic amines is 1. The van der Waals surface area contributed by atoms with E-state index in [0.29, 0.717) is 10.9 Å². The van der Waals surface area contributed by atoms with Crippen molar-refractivity contribution in [3.05, 3.63) is 33.7 Å². The number of carbonyl (C=O) groups is 1. The first-order valence-electron chi connectivity index (χ1n) is 8.82. The van der Waals surface area contributed by atoms with Crippen LogP contribution in [-0.2, 0) is 4.79 Å². The number of hydrogen-bond donors (Lipinski definition) is 1. The number of nitrogens with zero attached hydrogens (tertiary/aromatic N) is 2. The van der Waals surface area contributed by atoms with Gasteiger partial charge < -0.3 is 9.88 Å². The average Bonchev–Trinajstić information content (AvgIpc) is 3.21. The van der Waals surface area contributed by atoms with Crippen molar-refractivity contribution in [1.29, 1.82) is 0 Å². The molecule has 1 N–H and O–H groups in total. The number of nitrogens with one attached hydrogen (secondary N) is 1. The fraction of sp³-hybridized carbons (Fsp3) is 0.556. The maximum absolute atomic E-state index is 12.5. The molecule has 24 heavy (non-hydrogen) atoms. The lowest BCUT2D eigenvalue weighted by Crippen LogP contribution is -2.42. The average molecular weight is 348 g/mol. The zero-order chi connectivity index (χ0) is 16.7. The fourth-order valence-electron chi connectivity index (χ4n) is 4.24. The van der Waals surface area contributed by atoms with Gasteiger partial charge in [-0.25, -0.2) is 4.79 Å². The van der Waals surface area contributed by atoms with Crippen LogP contribution in [0.5, 0.6) is 0 Å². The van der Waals surface area contributed by atoms with Crippen LogP contribution in [0.3, 0.4) is 0 Å². The van der Waals surface area contributed by atoms with Crippen LogP contribution < -0.4 is 5.69 Å². The summed E-state index contributed by atoms with van der Waals surface area (Å²) in [4.78, 5) is 29.8. The third-order valence-electron chi connectivity index (χ3n) is 5.52. The normalized spacial score (nSPS) is 20.1. The van der Waals surface area contributed by atoms with Gasteiger partial charge in [0.1, 0.15) is 0 Å². The van der Waals surface area contributed by atoms with Gasteiger partial charge in [0.15, 0.2) is 0 Å². The summed E-state index contributed by atoms with van der Waals surface area (Å²) >= 11 is 6.01. The van der Waals surface area contributed by atoms with Gasteiger partial charge in [0.25, 0.3) is 0 Å². The third kappa shape index (κ3) is 2.75. The van der Waals surface area contributed by atoms with Crippen molar-refractivity contribution in [1.82, 2.24) is 14.5 Å². The van der Waals surface area contributed by atoms with E-state index in [1.165, 1.54) is 12.8 Å². The smallest absolute Gasteiger partial charge is 0.326 e. The number of amides is 1. The van der Waals surface area contributed by atoms with E-state index in [4.69, 9.17) is 11.6 Å². The highest BCUT2D eigenvalue weighted by molar-refractivity contribution is 6.31. The number of fused-ring (bicyclic) bond motifs is 1. The minimum absolute atomic E-state index is 0.0900. The Morgan fingerprint density at radius 2 is 1.83 bits per heavy atom. The van der Waals surface area contributed by atoms with Crippen molar-refractivity contribution in [2.45, 2.75) is 44.6 Å². The number of benzene rings is 1. The fourth-order valence-corrected chi connectivity index (χ4v) is 4.41. The Labute approximate surface area is 145 Å². The molecule has 0 radical (unpaired) electrons. The van der Waals surface area contributed by atoms with Crippen LogP contribution in [0, 0.1) is 5.92 Å². The predicted octanol–water partition coefficient (Wildman–Crippen LogP) is 3.34. The Hall–Kier alpha value is -1.75. The lowest BCUT2D eigenvalue weighted by molar-refractivity contribution is -0.136. The molecule has 2 heterocycles. The van der Waals surface area contributed by atoms with Crippen molar-refractivity contribution < 1.29 is 4.79 Å². The monoisotopic (exact) mass is 347 g/mol. The highest BCUT2D eigenvalue weighted by atomic mass is 35.5. The zero-order valence-corrected chi connectivity index (χ0v) is 14.4. The molecule has 1 saturated heterocycles. The van der Waals surface area contributed by atoms with Crippen LogP contribution in [0.15, 0.2) is 23.0 Å². The first-order valence-corrected chi connectivity index (χ1v) is 9.20. The number of halogens is 1. The first-order chi connectivity index (χ1) is 11.6. The van der Waals surface area contributed by atoms with Crippen molar-refractivity contribution in [3.63, 3.8) is 0 Å². The molecule has 2 fully saturated rings. The van der Waals surface area contributed by atoms with Crippen LogP contribution in [0.25, 0.3) is 11.0 Å². The molecule has 0 bridgehead atoms. The van der Waals surface area contributed by atoms with E-state index in [0.717, 1.165) is 49.8 Å². The van der Waals surface area contributed by atoms with Crippen molar-refractivity contribution >= 4 is 28.5 Å². The number of likely N-dealkylation sites (tertiary alicyclic amines) is 1. The number of aromatic nitrogens is 2. The molecule has 6 heteroatoms. The largest absolute Gasteiger partial charge is 0.342 e. The summed E-state index contributed by atoms with van der Waals surface area (Å²) < 4.78 is 1.84. The number of hydrogen-bond acceptors (Lipinski definition) is 2. The molecule has 4 rings (SSSR count). The molecule has 0 atom stereocenters. The Morgan fingerprint density at radius 3 is 2.54 bits per heavy atom. The molecule has 5 nitrogen and oxygen atoms in total. The number of carbonyl (C=O) groups excluding carboxylic acids is 1. The van der Waals surface area contributed by atoms with Crippen molar-refractivity contribution in [2.24, 2.45) is 5.92 Å². The van der Waals surface area contributed by atoms with Gasteiger partial charge >= 0.3 is 5.69 Å². The van der Waals surface area contributed by atoms with E-state index >= 15 is 0 Å². The minimum atomic E-state index is -0.0900. The molecule has 1 aliphatic carbocycles. The molecular weight excluding hydrogens is 326 g/mol. The highest BCUT2D eigenvalue weighted by Crippen LogP contribution is 2.30. The summed E-state index contributed by atoms with van der Waals surface area (Å²) in [5.74, 6) is 0.559. The van der Waals surface area contributed by atoms with Gasteiger partial charge in [-0.2, -0.15) is 0 Å². The summed E-state index contributed by atoms with van der Waals surface area (Å²) in [5.41, 5.74) is 1.58. The van der Waals surface area contributed by atoms with Gasteiger partial charge in [0.2, 0.25) is 5.91 Å². The minimum Gasteiger partial charge on any atom is -0.342 e.